The van der Waals surface area contributed by atoms with Gasteiger partial charge >= 0.3 is 0 Å². The SMILES string of the molecule is C/C=C(C)\C(=C/c1ccccc1N)C(C)(C)C. The summed E-state index contributed by atoms with van der Waals surface area (Å²) < 4.78 is 0. The minimum Gasteiger partial charge on any atom is -0.398 e. The fraction of sp³-hybridized carbons (Fsp3) is 0.375. The number of nitrogen functional groups attached to an aromatic ring is 1. The number of benzene rings is 1. The molecule has 0 bridgehead atoms. The average molecular weight is 229 g/mol. The van der Waals surface area contributed by atoms with Crippen LogP contribution in [0.3, 0.4) is 0 Å². The molecular weight excluding hydrogens is 206 g/mol. The van der Waals surface area contributed by atoms with E-state index < -0.39 is 0 Å². The van der Waals surface area contributed by atoms with Crippen LogP contribution in [0.2, 0.25) is 0 Å². The van der Waals surface area contributed by atoms with Crippen LogP contribution in [-0.4, -0.2) is 0 Å². The number of para-hydroxylation sites is 1. The quantitative estimate of drug-likeness (QED) is 0.579. The fourth-order valence-corrected chi connectivity index (χ4v) is 1.88. The van der Waals surface area contributed by atoms with Crippen molar-refractivity contribution in [1.29, 1.82) is 0 Å². The number of hydrogen-bond acceptors (Lipinski definition) is 1. The van der Waals surface area contributed by atoms with Gasteiger partial charge in [-0.1, -0.05) is 50.6 Å². The molecule has 2 N–H and O–H groups in total. The summed E-state index contributed by atoms with van der Waals surface area (Å²) in [6.45, 7) is 10.9. The lowest BCUT2D eigenvalue weighted by atomic mass is 9.81. The zero-order valence-electron chi connectivity index (χ0n) is 11.5. The summed E-state index contributed by atoms with van der Waals surface area (Å²) >= 11 is 0. The first-order chi connectivity index (χ1) is 7.86. The van der Waals surface area contributed by atoms with E-state index in [0.29, 0.717) is 0 Å². The molecule has 0 atom stereocenters. The van der Waals surface area contributed by atoms with Crippen LogP contribution in [0.15, 0.2) is 41.5 Å². The van der Waals surface area contributed by atoms with Gasteiger partial charge in [-0.3, -0.25) is 0 Å². The van der Waals surface area contributed by atoms with E-state index >= 15 is 0 Å². The predicted octanol–water partition coefficient (Wildman–Crippen LogP) is 4.66. The largest absolute Gasteiger partial charge is 0.398 e. The minimum atomic E-state index is 0.124. The Morgan fingerprint density at radius 3 is 2.24 bits per heavy atom. The van der Waals surface area contributed by atoms with Crippen molar-refractivity contribution in [2.45, 2.75) is 34.6 Å². The van der Waals surface area contributed by atoms with Gasteiger partial charge in [0.1, 0.15) is 0 Å². The van der Waals surface area contributed by atoms with Crippen molar-refractivity contribution < 1.29 is 0 Å². The minimum absolute atomic E-state index is 0.124. The normalized spacial score (nSPS) is 13.9. The molecule has 0 fully saturated rings. The van der Waals surface area contributed by atoms with Gasteiger partial charge in [-0.25, -0.2) is 0 Å². The van der Waals surface area contributed by atoms with Gasteiger partial charge in [0, 0.05) is 5.69 Å². The molecule has 0 heterocycles. The molecule has 0 aromatic heterocycles. The molecule has 1 nitrogen and oxygen atoms in total. The van der Waals surface area contributed by atoms with E-state index in [9.17, 15) is 0 Å². The predicted molar refractivity (Wildman–Crippen MR) is 77.7 cm³/mol. The van der Waals surface area contributed by atoms with Crippen LogP contribution in [0.25, 0.3) is 6.08 Å². The molecule has 0 unspecified atom stereocenters. The maximum atomic E-state index is 5.99. The third-order valence-corrected chi connectivity index (χ3v) is 2.96. The molecule has 0 radical (unpaired) electrons. The van der Waals surface area contributed by atoms with Crippen LogP contribution in [0.5, 0.6) is 0 Å². The summed E-state index contributed by atoms with van der Waals surface area (Å²) in [5, 5.41) is 0. The van der Waals surface area contributed by atoms with Gasteiger partial charge in [0.15, 0.2) is 0 Å². The lowest BCUT2D eigenvalue weighted by Crippen LogP contribution is -2.10. The lowest BCUT2D eigenvalue weighted by molar-refractivity contribution is 0.514. The van der Waals surface area contributed by atoms with Crippen LogP contribution < -0.4 is 5.73 Å². The summed E-state index contributed by atoms with van der Waals surface area (Å²) in [5.74, 6) is 0. The lowest BCUT2D eigenvalue weighted by Gasteiger charge is -2.24. The highest BCUT2D eigenvalue weighted by molar-refractivity contribution is 5.69. The first-order valence-electron chi connectivity index (χ1n) is 6.06. The van der Waals surface area contributed by atoms with Crippen LogP contribution in [-0.2, 0) is 0 Å². The van der Waals surface area contributed by atoms with Crippen molar-refractivity contribution in [3.63, 3.8) is 0 Å². The molecule has 0 saturated carbocycles. The molecule has 1 aromatic carbocycles. The highest BCUT2D eigenvalue weighted by atomic mass is 14.5. The fourth-order valence-electron chi connectivity index (χ4n) is 1.88. The molecule has 0 amide bonds. The molecular formula is C16H23N. The van der Waals surface area contributed by atoms with Crippen molar-refractivity contribution in [2.24, 2.45) is 5.41 Å². The van der Waals surface area contributed by atoms with Gasteiger partial charge in [0.2, 0.25) is 0 Å². The van der Waals surface area contributed by atoms with E-state index in [1.807, 2.05) is 18.2 Å². The first kappa shape index (κ1) is 13.6. The van der Waals surface area contributed by atoms with Crippen molar-refractivity contribution in [1.82, 2.24) is 0 Å². The standard InChI is InChI=1S/C16H23N/c1-6-12(2)14(16(3,4)5)11-13-9-7-8-10-15(13)17/h6-11H,17H2,1-5H3/b12-6-,14-11+. The second kappa shape index (κ2) is 5.22. The van der Waals surface area contributed by atoms with Gasteiger partial charge in [0.25, 0.3) is 0 Å². The van der Waals surface area contributed by atoms with Crippen molar-refractivity contribution in [3.05, 3.63) is 47.1 Å². The van der Waals surface area contributed by atoms with Crippen LogP contribution >= 0.6 is 0 Å². The molecule has 0 aliphatic carbocycles. The molecule has 0 saturated heterocycles. The number of nitrogens with two attached hydrogens (primary N) is 1. The summed E-state index contributed by atoms with van der Waals surface area (Å²) in [6, 6.07) is 7.99. The topological polar surface area (TPSA) is 26.0 Å². The number of rotatable bonds is 2. The molecule has 17 heavy (non-hydrogen) atoms. The Balaban J connectivity index is 3.30. The Morgan fingerprint density at radius 1 is 1.18 bits per heavy atom. The monoisotopic (exact) mass is 229 g/mol. The first-order valence-corrected chi connectivity index (χ1v) is 6.06. The molecule has 1 aromatic rings. The summed E-state index contributed by atoms with van der Waals surface area (Å²) in [4.78, 5) is 0. The van der Waals surface area contributed by atoms with Crippen molar-refractivity contribution >= 4 is 11.8 Å². The Morgan fingerprint density at radius 2 is 1.76 bits per heavy atom. The smallest absolute Gasteiger partial charge is 0.0387 e. The zero-order valence-corrected chi connectivity index (χ0v) is 11.5. The van der Waals surface area contributed by atoms with Gasteiger partial charge in [-0.05, 0) is 42.5 Å². The maximum Gasteiger partial charge on any atom is 0.0387 e. The van der Waals surface area contributed by atoms with Gasteiger partial charge < -0.3 is 5.73 Å². The molecule has 92 valence electrons. The van der Waals surface area contributed by atoms with Crippen LogP contribution in [0.4, 0.5) is 5.69 Å². The van der Waals surface area contributed by atoms with Crippen molar-refractivity contribution in [2.75, 3.05) is 5.73 Å². The summed E-state index contributed by atoms with van der Waals surface area (Å²) in [7, 11) is 0. The van der Waals surface area contributed by atoms with Crippen LogP contribution in [0, 0.1) is 5.41 Å². The van der Waals surface area contributed by atoms with Crippen molar-refractivity contribution in [3.8, 4) is 0 Å². The third-order valence-electron chi connectivity index (χ3n) is 2.96. The number of allylic oxidation sites excluding steroid dienone is 3. The van der Waals surface area contributed by atoms with E-state index in [1.165, 1.54) is 11.1 Å². The van der Waals surface area contributed by atoms with E-state index in [-0.39, 0.29) is 5.41 Å². The summed E-state index contributed by atoms with van der Waals surface area (Å²) in [5.41, 5.74) is 10.7. The average Bonchev–Trinajstić information content (AvgIpc) is 2.25. The second-order valence-electron chi connectivity index (χ2n) is 5.41. The zero-order chi connectivity index (χ0) is 13.1. The molecule has 0 aliphatic rings. The number of anilines is 1. The highest BCUT2D eigenvalue weighted by Gasteiger charge is 2.18. The van der Waals surface area contributed by atoms with E-state index in [4.69, 9.17) is 5.73 Å². The van der Waals surface area contributed by atoms with E-state index in [0.717, 1.165) is 11.3 Å². The summed E-state index contributed by atoms with van der Waals surface area (Å²) in [6.07, 6.45) is 4.35. The third kappa shape index (κ3) is 3.48. The Labute approximate surface area is 105 Å². The molecule has 1 heteroatoms. The maximum absolute atomic E-state index is 5.99. The van der Waals surface area contributed by atoms with Gasteiger partial charge in [0.05, 0.1) is 0 Å². The molecule has 1 rings (SSSR count). The van der Waals surface area contributed by atoms with Gasteiger partial charge in [-0.15, -0.1) is 0 Å². The Kier molecular flexibility index (Phi) is 4.17. The number of hydrogen-bond donors (Lipinski definition) is 1. The molecule has 0 spiro atoms. The van der Waals surface area contributed by atoms with E-state index in [1.54, 1.807) is 0 Å². The Hall–Kier alpha value is -1.50. The Bertz CT molecular complexity index is 445. The van der Waals surface area contributed by atoms with Crippen LogP contribution in [0.1, 0.15) is 40.2 Å². The second-order valence-corrected chi connectivity index (χ2v) is 5.41. The van der Waals surface area contributed by atoms with E-state index in [2.05, 4.69) is 52.8 Å². The molecule has 0 aliphatic heterocycles. The highest BCUT2D eigenvalue weighted by Crippen LogP contribution is 2.33. The van der Waals surface area contributed by atoms with Gasteiger partial charge in [-0.2, -0.15) is 0 Å².